The van der Waals surface area contributed by atoms with Crippen LogP contribution >= 0.6 is 0 Å². The third-order valence-electron chi connectivity index (χ3n) is 4.50. The molecule has 0 aromatic carbocycles. The number of carboxylic acid groups (broad SMARTS) is 1. The molecule has 1 rings (SSSR count). The number of amides is 1. The van der Waals surface area contributed by atoms with Gasteiger partial charge in [0, 0.05) is 13.0 Å². The van der Waals surface area contributed by atoms with Gasteiger partial charge >= 0.3 is 5.97 Å². The summed E-state index contributed by atoms with van der Waals surface area (Å²) in [7, 11) is 1.60. The van der Waals surface area contributed by atoms with Gasteiger partial charge in [-0.1, -0.05) is 26.7 Å². The van der Waals surface area contributed by atoms with E-state index in [1.54, 1.807) is 20.9 Å². The van der Waals surface area contributed by atoms with E-state index in [0.717, 1.165) is 25.7 Å². The van der Waals surface area contributed by atoms with Crippen LogP contribution in [0.5, 0.6) is 0 Å². The van der Waals surface area contributed by atoms with Gasteiger partial charge in [-0.05, 0) is 32.1 Å². The first-order valence-corrected chi connectivity index (χ1v) is 6.62. The second-order valence-corrected chi connectivity index (χ2v) is 6.55. The fourth-order valence-electron chi connectivity index (χ4n) is 2.60. The Morgan fingerprint density at radius 1 is 1.28 bits per heavy atom. The van der Waals surface area contributed by atoms with Crippen LogP contribution in [0, 0.1) is 11.3 Å². The number of nitrogens with zero attached hydrogens (tertiary/aromatic N) is 1. The fraction of sp³-hybridized carbons (Fsp3) is 0.857. The number of aliphatic carboxylic acids is 1. The van der Waals surface area contributed by atoms with Crippen molar-refractivity contribution >= 4 is 11.9 Å². The van der Waals surface area contributed by atoms with Gasteiger partial charge in [0.2, 0.25) is 5.91 Å². The Bertz CT molecular complexity index is 347. The molecular weight excluding hydrogens is 230 g/mol. The average Bonchev–Trinajstić information content (AvgIpc) is 2.26. The monoisotopic (exact) mass is 255 g/mol. The van der Waals surface area contributed by atoms with E-state index in [0.29, 0.717) is 0 Å². The lowest BCUT2D eigenvalue weighted by Gasteiger charge is -2.42. The standard InChI is InChI=1S/C14H25NO3/c1-13(2)9-7-6-8-10(13)11(16)15(5)14(3,4)12(17)18/h10H,6-9H2,1-5H3,(H,17,18). The molecule has 0 radical (unpaired) electrons. The van der Waals surface area contributed by atoms with Crippen molar-refractivity contribution in [3.8, 4) is 0 Å². The topological polar surface area (TPSA) is 57.6 Å². The van der Waals surface area contributed by atoms with Gasteiger partial charge in [-0.2, -0.15) is 0 Å². The van der Waals surface area contributed by atoms with Crippen LogP contribution in [0.2, 0.25) is 0 Å². The van der Waals surface area contributed by atoms with Crippen LogP contribution in [-0.4, -0.2) is 34.5 Å². The summed E-state index contributed by atoms with van der Waals surface area (Å²) in [5, 5.41) is 9.20. The average molecular weight is 255 g/mol. The first-order valence-electron chi connectivity index (χ1n) is 6.62. The fourth-order valence-corrected chi connectivity index (χ4v) is 2.60. The van der Waals surface area contributed by atoms with E-state index < -0.39 is 11.5 Å². The van der Waals surface area contributed by atoms with E-state index >= 15 is 0 Å². The van der Waals surface area contributed by atoms with Crippen LogP contribution in [0.15, 0.2) is 0 Å². The normalized spacial score (nSPS) is 23.5. The molecule has 0 aromatic heterocycles. The van der Waals surface area contributed by atoms with Crippen LogP contribution in [0.3, 0.4) is 0 Å². The van der Waals surface area contributed by atoms with Gasteiger partial charge in [-0.25, -0.2) is 4.79 Å². The lowest BCUT2D eigenvalue weighted by atomic mass is 9.68. The third kappa shape index (κ3) is 2.68. The molecule has 1 N–H and O–H groups in total. The highest BCUT2D eigenvalue weighted by Gasteiger charge is 2.43. The Balaban J connectivity index is 2.90. The summed E-state index contributed by atoms with van der Waals surface area (Å²) in [5.74, 6) is -1.06. The van der Waals surface area contributed by atoms with Crippen LogP contribution < -0.4 is 0 Å². The Morgan fingerprint density at radius 2 is 1.83 bits per heavy atom. The maximum atomic E-state index is 12.5. The van der Waals surface area contributed by atoms with Gasteiger partial charge in [0.25, 0.3) is 0 Å². The molecule has 0 saturated heterocycles. The number of hydrogen-bond acceptors (Lipinski definition) is 2. The van der Waals surface area contributed by atoms with Crippen LogP contribution in [0.4, 0.5) is 0 Å². The highest BCUT2D eigenvalue weighted by Crippen LogP contribution is 2.41. The summed E-state index contributed by atoms with van der Waals surface area (Å²) in [6.07, 6.45) is 4.11. The summed E-state index contributed by atoms with van der Waals surface area (Å²) in [6.45, 7) is 7.36. The highest BCUT2D eigenvalue weighted by molar-refractivity contribution is 5.87. The molecule has 1 unspecified atom stereocenters. The van der Waals surface area contributed by atoms with Gasteiger partial charge in [0.05, 0.1) is 0 Å². The molecule has 4 heteroatoms. The van der Waals surface area contributed by atoms with Crippen molar-refractivity contribution in [1.82, 2.24) is 4.90 Å². The zero-order valence-electron chi connectivity index (χ0n) is 12.1. The smallest absolute Gasteiger partial charge is 0.329 e. The van der Waals surface area contributed by atoms with E-state index in [2.05, 4.69) is 13.8 Å². The molecule has 104 valence electrons. The predicted octanol–water partition coefficient (Wildman–Crippen LogP) is 2.52. The molecular formula is C14H25NO3. The Labute approximate surface area is 109 Å². The number of rotatable bonds is 3. The SMILES string of the molecule is CN(C(=O)C1CCCCC1(C)C)C(C)(C)C(=O)O. The van der Waals surface area contributed by atoms with Crippen molar-refractivity contribution < 1.29 is 14.7 Å². The van der Waals surface area contributed by atoms with E-state index in [1.165, 1.54) is 4.90 Å². The van der Waals surface area contributed by atoms with Crippen molar-refractivity contribution in [2.45, 2.75) is 58.9 Å². The van der Waals surface area contributed by atoms with E-state index in [1.807, 2.05) is 0 Å². The summed E-state index contributed by atoms with van der Waals surface area (Å²) in [6, 6.07) is 0. The number of carboxylic acids is 1. The zero-order chi connectivity index (χ0) is 14.1. The molecule has 0 aromatic rings. The highest BCUT2D eigenvalue weighted by atomic mass is 16.4. The molecule has 1 fully saturated rings. The van der Waals surface area contributed by atoms with Crippen LogP contribution in [-0.2, 0) is 9.59 Å². The van der Waals surface area contributed by atoms with Gasteiger partial charge in [0.1, 0.15) is 5.54 Å². The van der Waals surface area contributed by atoms with Gasteiger partial charge in [-0.15, -0.1) is 0 Å². The first kappa shape index (κ1) is 15.0. The van der Waals surface area contributed by atoms with E-state index in [4.69, 9.17) is 0 Å². The van der Waals surface area contributed by atoms with Crippen molar-refractivity contribution in [1.29, 1.82) is 0 Å². The summed E-state index contributed by atoms with van der Waals surface area (Å²) in [5.41, 5.74) is -1.18. The Morgan fingerprint density at radius 3 is 2.28 bits per heavy atom. The minimum Gasteiger partial charge on any atom is -0.480 e. The number of hydrogen-bond donors (Lipinski definition) is 1. The minimum atomic E-state index is -1.15. The molecule has 1 amide bonds. The first-order chi connectivity index (χ1) is 8.10. The largest absolute Gasteiger partial charge is 0.480 e. The molecule has 0 bridgehead atoms. The number of likely N-dealkylation sites (N-methyl/N-ethyl adjacent to an activating group) is 1. The maximum absolute atomic E-state index is 12.5. The van der Waals surface area contributed by atoms with Gasteiger partial charge in [-0.3, -0.25) is 4.79 Å². The Kier molecular flexibility index (Phi) is 4.08. The van der Waals surface area contributed by atoms with Crippen LogP contribution in [0.25, 0.3) is 0 Å². The lowest BCUT2D eigenvalue weighted by Crippen LogP contribution is -2.54. The molecule has 0 spiro atoms. The lowest BCUT2D eigenvalue weighted by molar-refractivity contribution is -0.159. The zero-order valence-corrected chi connectivity index (χ0v) is 12.1. The van der Waals surface area contributed by atoms with E-state index in [9.17, 15) is 14.7 Å². The number of carbonyl (C=O) groups excluding carboxylic acids is 1. The number of carbonyl (C=O) groups is 2. The summed E-state index contributed by atoms with van der Waals surface area (Å²) in [4.78, 5) is 25.1. The molecule has 4 nitrogen and oxygen atoms in total. The predicted molar refractivity (Wildman–Crippen MR) is 70.2 cm³/mol. The quantitative estimate of drug-likeness (QED) is 0.843. The minimum absolute atomic E-state index is 0.0296. The van der Waals surface area contributed by atoms with Crippen molar-refractivity contribution in [2.75, 3.05) is 7.05 Å². The molecule has 1 atom stereocenters. The van der Waals surface area contributed by atoms with Crippen LogP contribution in [0.1, 0.15) is 53.4 Å². The molecule has 1 aliphatic carbocycles. The van der Waals surface area contributed by atoms with Gasteiger partial charge < -0.3 is 10.0 Å². The Hall–Kier alpha value is -1.06. The second kappa shape index (κ2) is 4.90. The third-order valence-corrected chi connectivity index (χ3v) is 4.50. The molecule has 1 aliphatic rings. The van der Waals surface area contributed by atoms with E-state index in [-0.39, 0.29) is 17.2 Å². The molecule has 1 saturated carbocycles. The summed E-state index contributed by atoms with van der Waals surface area (Å²) < 4.78 is 0. The van der Waals surface area contributed by atoms with Crippen molar-refractivity contribution in [2.24, 2.45) is 11.3 Å². The van der Waals surface area contributed by atoms with Crippen molar-refractivity contribution in [3.63, 3.8) is 0 Å². The molecule has 0 aliphatic heterocycles. The molecule has 18 heavy (non-hydrogen) atoms. The maximum Gasteiger partial charge on any atom is 0.329 e. The summed E-state index contributed by atoms with van der Waals surface area (Å²) >= 11 is 0. The molecule has 0 heterocycles. The van der Waals surface area contributed by atoms with Crippen molar-refractivity contribution in [3.05, 3.63) is 0 Å². The van der Waals surface area contributed by atoms with Gasteiger partial charge in [0.15, 0.2) is 0 Å². The second-order valence-electron chi connectivity index (χ2n) is 6.55.